The van der Waals surface area contributed by atoms with E-state index in [-0.39, 0.29) is 29.6 Å². The number of hydrogen-bond acceptors (Lipinski definition) is 8. The van der Waals surface area contributed by atoms with Gasteiger partial charge in [0.1, 0.15) is 23.2 Å². The molecule has 5 heterocycles. The molecule has 3 N–H and O–H groups in total. The normalized spacial score (nSPS) is 18.0. The van der Waals surface area contributed by atoms with Crippen LogP contribution < -0.4 is 16.0 Å². The number of nitrogens with zero attached hydrogens (tertiary/aromatic N) is 6. The number of nitrogens with one attached hydrogen (secondary N) is 1. The number of piperazine rings is 1. The molecule has 2 fully saturated rings. The molecule has 2 aliphatic heterocycles. The summed E-state index contributed by atoms with van der Waals surface area (Å²) in [4.78, 5) is 49.5. The molecule has 34 heavy (non-hydrogen) atoms. The van der Waals surface area contributed by atoms with Crippen LogP contribution in [0.2, 0.25) is 0 Å². The van der Waals surface area contributed by atoms with Gasteiger partial charge in [0.2, 0.25) is 0 Å². The number of carbonyl (C=O) groups is 3. The Hall–Kier alpha value is -4.54. The van der Waals surface area contributed by atoms with Gasteiger partial charge in [0, 0.05) is 42.3 Å². The fraction of sp³-hybridized carbons (Fsp3) is 0.217. The fourth-order valence-corrected chi connectivity index (χ4v) is 4.69. The first-order chi connectivity index (χ1) is 16.4. The van der Waals surface area contributed by atoms with Crippen molar-refractivity contribution in [2.45, 2.75) is 13.0 Å². The van der Waals surface area contributed by atoms with E-state index in [1.54, 1.807) is 12.4 Å². The number of nitrogens with two attached hydrogens (primary N) is 1. The molecule has 2 saturated heterocycles. The first-order valence-electron chi connectivity index (χ1n) is 10.8. The minimum atomic E-state index is -0.644. The largest absolute Gasteiger partial charge is 0.383 e. The molecule has 11 heteroatoms. The van der Waals surface area contributed by atoms with Gasteiger partial charge in [0.15, 0.2) is 11.4 Å². The van der Waals surface area contributed by atoms with E-state index < -0.39 is 12.1 Å². The number of benzene rings is 1. The molecule has 1 atom stereocenters. The number of para-hydroxylation sites is 1. The predicted molar refractivity (Wildman–Crippen MR) is 124 cm³/mol. The Balaban J connectivity index is 1.50. The third-order valence-electron chi connectivity index (χ3n) is 6.39. The third-order valence-corrected chi connectivity index (χ3v) is 6.39. The highest BCUT2D eigenvalue weighted by Gasteiger charge is 2.43. The number of carbonyl (C=O) groups excluding carboxylic acids is 3. The van der Waals surface area contributed by atoms with Crippen molar-refractivity contribution >= 4 is 45.9 Å². The van der Waals surface area contributed by atoms with Crippen molar-refractivity contribution in [3.05, 3.63) is 48.3 Å². The lowest BCUT2D eigenvalue weighted by molar-refractivity contribution is -0.121. The molecule has 11 nitrogen and oxygen atoms in total. The van der Waals surface area contributed by atoms with Crippen molar-refractivity contribution in [1.29, 1.82) is 0 Å². The maximum Gasteiger partial charge on any atom is 0.324 e. The SMILES string of the molecule is CC(=O)c1c(N2CCN3C(=O)NC(=O)C3C2)nc2c(-c3cnc4ccccc4c3)cnn2c1N. The van der Waals surface area contributed by atoms with Gasteiger partial charge in [0.25, 0.3) is 5.91 Å². The molecule has 0 bridgehead atoms. The van der Waals surface area contributed by atoms with E-state index >= 15 is 0 Å². The maximum atomic E-state index is 12.6. The Morgan fingerprint density at radius 3 is 2.82 bits per heavy atom. The van der Waals surface area contributed by atoms with Gasteiger partial charge in [-0.15, -0.1) is 0 Å². The van der Waals surface area contributed by atoms with E-state index in [9.17, 15) is 14.4 Å². The highest BCUT2D eigenvalue weighted by molar-refractivity contribution is 6.06. The molecule has 4 aromatic rings. The fourth-order valence-electron chi connectivity index (χ4n) is 4.69. The Labute approximate surface area is 193 Å². The van der Waals surface area contributed by atoms with Crippen LogP contribution in [0.1, 0.15) is 17.3 Å². The number of anilines is 2. The monoisotopic (exact) mass is 456 g/mol. The first-order valence-corrected chi connectivity index (χ1v) is 10.8. The topological polar surface area (TPSA) is 139 Å². The van der Waals surface area contributed by atoms with E-state index in [2.05, 4.69) is 15.4 Å². The average molecular weight is 456 g/mol. The molecule has 0 aliphatic carbocycles. The Morgan fingerprint density at radius 1 is 1.18 bits per heavy atom. The molecule has 3 amide bonds. The quantitative estimate of drug-likeness (QED) is 0.349. The number of imide groups is 1. The summed E-state index contributed by atoms with van der Waals surface area (Å²) in [6, 6.07) is 8.75. The molecule has 170 valence electrons. The highest BCUT2D eigenvalue weighted by atomic mass is 16.2. The molecule has 2 aliphatic rings. The molecule has 0 radical (unpaired) electrons. The molecule has 0 saturated carbocycles. The zero-order chi connectivity index (χ0) is 23.6. The number of pyridine rings is 1. The summed E-state index contributed by atoms with van der Waals surface area (Å²) in [5, 5.41) is 7.70. The predicted octanol–water partition coefficient (Wildman–Crippen LogP) is 1.47. The average Bonchev–Trinajstić information content (AvgIpc) is 3.39. The van der Waals surface area contributed by atoms with Crippen LogP contribution in [-0.2, 0) is 4.79 Å². The summed E-state index contributed by atoms with van der Waals surface area (Å²) >= 11 is 0. The minimum absolute atomic E-state index is 0.168. The zero-order valence-electron chi connectivity index (χ0n) is 18.2. The number of fused-ring (bicyclic) bond motifs is 3. The number of rotatable bonds is 3. The van der Waals surface area contributed by atoms with E-state index in [4.69, 9.17) is 10.7 Å². The van der Waals surface area contributed by atoms with E-state index in [0.29, 0.717) is 30.1 Å². The van der Waals surface area contributed by atoms with E-state index in [0.717, 1.165) is 16.5 Å². The molecule has 0 spiro atoms. The summed E-state index contributed by atoms with van der Waals surface area (Å²) in [5.41, 5.74) is 9.53. The first kappa shape index (κ1) is 20.1. The highest BCUT2D eigenvalue weighted by Crippen LogP contribution is 2.33. The van der Waals surface area contributed by atoms with Crippen LogP contribution in [-0.4, -0.2) is 67.9 Å². The van der Waals surface area contributed by atoms with Gasteiger partial charge in [-0.2, -0.15) is 9.61 Å². The van der Waals surface area contributed by atoms with Crippen LogP contribution in [0.3, 0.4) is 0 Å². The smallest absolute Gasteiger partial charge is 0.324 e. The second kappa shape index (κ2) is 7.24. The molecule has 1 unspecified atom stereocenters. The molecule has 3 aromatic heterocycles. The van der Waals surface area contributed by atoms with E-state index in [1.807, 2.05) is 35.2 Å². The summed E-state index contributed by atoms with van der Waals surface area (Å²) in [6.45, 7) is 2.36. The van der Waals surface area contributed by atoms with Crippen molar-refractivity contribution in [3.8, 4) is 11.1 Å². The minimum Gasteiger partial charge on any atom is -0.383 e. The molecule has 6 rings (SSSR count). The van der Waals surface area contributed by atoms with Crippen LogP contribution in [0.15, 0.2) is 42.7 Å². The molecular weight excluding hydrogens is 436 g/mol. The van der Waals surface area contributed by atoms with Crippen molar-refractivity contribution in [2.24, 2.45) is 0 Å². The molecule has 1 aromatic carbocycles. The van der Waals surface area contributed by atoms with Crippen LogP contribution >= 0.6 is 0 Å². The van der Waals surface area contributed by atoms with Gasteiger partial charge in [-0.05, 0) is 19.1 Å². The summed E-state index contributed by atoms with van der Waals surface area (Å²) < 4.78 is 1.45. The number of aromatic nitrogens is 4. The van der Waals surface area contributed by atoms with Gasteiger partial charge in [-0.1, -0.05) is 18.2 Å². The van der Waals surface area contributed by atoms with Crippen molar-refractivity contribution < 1.29 is 14.4 Å². The lowest BCUT2D eigenvalue weighted by Gasteiger charge is -2.36. The van der Waals surface area contributed by atoms with Gasteiger partial charge >= 0.3 is 6.03 Å². The standard InChI is InChI=1S/C23H20N8O3/c1-12(32)18-19(24)31-20(15(10-26-31)14-8-13-4-2-3-5-16(13)25-9-14)27-21(18)29-6-7-30-17(11-29)22(33)28-23(30)34/h2-5,8-10,17H,6-7,11,24H2,1H3,(H,28,33,34). The second-order valence-electron chi connectivity index (χ2n) is 8.41. The lowest BCUT2D eigenvalue weighted by Crippen LogP contribution is -2.53. The summed E-state index contributed by atoms with van der Waals surface area (Å²) in [7, 11) is 0. The van der Waals surface area contributed by atoms with Crippen LogP contribution in [0.4, 0.5) is 16.4 Å². The number of urea groups is 1. The summed E-state index contributed by atoms with van der Waals surface area (Å²) in [6.07, 6.45) is 3.40. The molecular formula is C23H20N8O3. The van der Waals surface area contributed by atoms with Gasteiger partial charge in [-0.3, -0.25) is 19.9 Å². The third kappa shape index (κ3) is 2.90. The van der Waals surface area contributed by atoms with Gasteiger partial charge in [-0.25, -0.2) is 9.78 Å². The number of nitrogen functional groups attached to an aromatic ring is 1. The van der Waals surface area contributed by atoms with Crippen molar-refractivity contribution in [3.63, 3.8) is 0 Å². The van der Waals surface area contributed by atoms with Crippen molar-refractivity contribution in [1.82, 2.24) is 29.8 Å². The number of ketones is 1. The van der Waals surface area contributed by atoms with Gasteiger partial charge in [0.05, 0.1) is 11.7 Å². The van der Waals surface area contributed by atoms with Crippen LogP contribution in [0.5, 0.6) is 0 Å². The maximum absolute atomic E-state index is 12.6. The number of Topliss-reactive ketones (excluding diaryl/α,β-unsaturated/α-hetero) is 1. The zero-order valence-corrected chi connectivity index (χ0v) is 18.2. The van der Waals surface area contributed by atoms with Crippen molar-refractivity contribution in [2.75, 3.05) is 30.3 Å². The lowest BCUT2D eigenvalue weighted by atomic mass is 10.1. The van der Waals surface area contributed by atoms with Gasteiger partial charge < -0.3 is 15.5 Å². The Kier molecular flexibility index (Phi) is 4.28. The number of hydrogen-bond donors (Lipinski definition) is 2. The number of amides is 3. The Bertz CT molecular complexity index is 1530. The second-order valence-corrected chi connectivity index (χ2v) is 8.41. The van der Waals surface area contributed by atoms with Crippen LogP contribution in [0, 0.1) is 0 Å². The van der Waals surface area contributed by atoms with E-state index in [1.165, 1.54) is 16.3 Å². The Morgan fingerprint density at radius 2 is 2.00 bits per heavy atom. The van der Waals surface area contributed by atoms with Crippen LogP contribution in [0.25, 0.3) is 27.7 Å². The summed E-state index contributed by atoms with van der Waals surface area (Å²) in [5.74, 6) is -0.0808.